The molecule has 4 heterocycles. The van der Waals surface area contributed by atoms with Crippen LogP contribution in [-0.4, -0.2) is 35.6 Å². The van der Waals surface area contributed by atoms with Gasteiger partial charge >= 0.3 is 5.97 Å². The highest BCUT2D eigenvalue weighted by Crippen LogP contribution is 2.45. The summed E-state index contributed by atoms with van der Waals surface area (Å²) in [5.74, 6) is 0.539. The number of ether oxygens (including phenoxy) is 1. The highest BCUT2D eigenvalue weighted by Gasteiger charge is 2.49. The summed E-state index contributed by atoms with van der Waals surface area (Å²) in [4.78, 5) is 13.5. The van der Waals surface area contributed by atoms with E-state index in [1.165, 1.54) is 32.6 Å². The molecule has 3 unspecified atom stereocenters. The van der Waals surface area contributed by atoms with Gasteiger partial charge < -0.3 is 4.74 Å². The van der Waals surface area contributed by atoms with E-state index in [0.29, 0.717) is 5.92 Å². The Morgan fingerprint density at radius 2 is 1.93 bits per heavy atom. The molecule has 0 aliphatic carbocycles. The summed E-state index contributed by atoms with van der Waals surface area (Å²) in [5.41, 5.74) is 0. The molecule has 0 saturated carbocycles. The van der Waals surface area contributed by atoms with Crippen molar-refractivity contribution >= 4 is 5.97 Å². The molecule has 0 aromatic rings. The molecule has 4 aliphatic heterocycles. The number of piperidine rings is 3. The number of fused-ring (bicyclic) bond motifs is 1. The lowest BCUT2D eigenvalue weighted by Gasteiger charge is -2.49. The van der Waals surface area contributed by atoms with Crippen molar-refractivity contribution in [3.63, 3.8) is 0 Å². The summed E-state index contributed by atoms with van der Waals surface area (Å²) in [6.07, 6.45) is 5.45. The molecule has 3 heteroatoms. The minimum absolute atomic E-state index is 0.115. The summed E-state index contributed by atoms with van der Waals surface area (Å²) in [6, 6.07) is 1.62. The van der Waals surface area contributed by atoms with E-state index >= 15 is 0 Å². The van der Waals surface area contributed by atoms with Crippen molar-refractivity contribution in [1.82, 2.24) is 4.90 Å². The van der Waals surface area contributed by atoms with Gasteiger partial charge in [-0.15, -0.1) is 0 Å². The first kappa shape index (κ1) is 8.72. The van der Waals surface area contributed by atoms with Crippen molar-refractivity contribution in [2.45, 2.75) is 50.8 Å². The minimum Gasteiger partial charge on any atom is -0.461 e. The van der Waals surface area contributed by atoms with Crippen LogP contribution in [0.4, 0.5) is 0 Å². The van der Waals surface area contributed by atoms with Gasteiger partial charge in [-0.2, -0.15) is 0 Å². The fourth-order valence-corrected chi connectivity index (χ4v) is 3.62. The number of rotatable bonds is 1. The summed E-state index contributed by atoms with van der Waals surface area (Å²) in [5, 5.41) is 0. The highest BCUT2D eigenvalue weighted by atomic mass is 16.5. The Balaban J connectivity index is 1.74. The molecule has 4 aliphatic rings. The molecule has 4 fully saturated rings. The number of hydrogen-bond donors (Lipinski definition) is 0. The van der Waals surface area contributed by atoms with E-state index in [9.17, 15) is 4.79 Å². The first-order chi connectivity index (χ1) is 6.74. The van der Waals surface area contributed by atoms with Crippen LogP contribution in [0.3, 0.4) is 0 Å². The summed E-state index contributed by atoms with van der Waals surface area (Å²) < 4.78 is 5.37. The Kier molecular flexibility index (Phi) is 1.84. The van der Waals surface area contributed by atoms with Gasteiger partial charge in [0.15, 0.2) is 0 Å². The van der Waals surface area contributed by atoms with Crippen molar-refractivity contribution in [2.75, 3.05) is 6.54 Å². The number of esters is 1. The first-order valence-electron chi connectivity index (χ1n) is 5.67. The van der Waals surface area contributed by atoms with E-state index in [-0.39, 0.29) is 12.1 Å². The summed E-state index contributed by atoms with van der Waals surface area (Å²) in [6.45, 7) is 2.52. The van der Waals surface area contributed by atoms with Gasteiger partial charge in [0.25, 0.3) is 0 Å². The molecular weight excluding hydrogens is 178 g/mol. The monoisotopic (exact) mass is 195 g/mol. The minimum atomic E-state index is -0.115. The molecule has 0 aromatic carbocycles. The molecule has 14 heavy (non-hydrogen) atoms. The molecule has 0 radical (unpaired) electrons. The first-order valence-corrected chi connectivity index (χ1v) is 5.67. The Morgan fingerprint density at radius 1 is 1.29 bits per heavy atom. The second-order valence-corrected chi connectivity index (χ2v) is 4.96. The Bertz CT molecular complexity index is 252. The average Bonchev–Trinajstić information content (AvgIpc) is 2.43. The molecular formula is C11H17NO2. The molecule has 4 bridgehead atoms. The maximum atomic E-state index is 10.9. The van der Waals surface area contributed by atoms with Crippen molar-refractivity contribution in [3.05, 3.63) is 0 Å². The predicted octanol–water partition coefficient (Wildman–Crippen LogP) is 1.17. The number of carbonyl (C=O) groups excluding carboxylic acids is 1. The molecule has 3 atom stereocenters. The van der Waals surface area contributed by atoms with Gasteiger partial charge in [0.1, 0.15) is 6.10 Å². The van der Waals surface area contributed by atoms with E-state index in [1.54, 1.807) is 0 Å². The van der Waals surface area contributed by atoms with Crippen LogP contribution < -0.4 is 0 Å². The van der Waals surface area contributed by atoms with E-state index in [0.717, 1.165) is 18.6 Å². The van der Waals surface area contributed by atoms with Gasteiger partial charge in [-0.1, -0.05) is 0 Å². The van der Waals surface area contributed by atoms with Gasteiger partial charge in [0.05, 0.1) is 0 Å². The standard InChI is InChI=1S/C11H17NO2/c1-7(13)14-11-6-12-9-2-3-10(12)5-8(11)4-9/h8-11H,2-6H2,1H3. The predicted molar refractivity (Wildman–Crippen MR) is 51.8 cm³/mol. The quantitative estimate of drug-likeness (QED) is 0.588. The fraction of sp³-hybridized carbons (Fsp3) is 0.909. The van der Waals surface area contributed by atoms with Crippen molar-refractivity contribution < 1.29 is 9.53 Å². The van der Waals surface area contributed by atoms with Gasteiger partial charge in [-0.05, 0) is 25.7 Å². The highest BCUT2D eigenvalue weighted by molar-refractivity contribution is 5.66. The zero-order valence-corrected chi connectivity index (χ0v) is 8.61. The van der Waals surface area contributed by atoms with Crippen LogP contribution in [-0.2, 0) is 9.53 Å². The van der Waals surface area contributed by atoms with E-state index < -0.39 is 0 Å². The fourth-order valence-electron chi connectivity index (χ4n) is 3.62. The van der Waals surface area contributed by atoms with Gasteiger partial charge in [-0.3, -0.25) is 9.69 Å². The maximum Gasteiger partial charge on any atom is 0.302 e. The van der Waals surface area contributed by atoms with Gasteiger partial charge in [0.2, 0.25) is 0 Å². The third-order valence-corrected chi connectivity index (χ3v) is 4.15. The number of carbonyl (C=O) groups is 1. The van der Waals surface area contributed by atoms with Crippen LogP contribution >= 0.6 is 0 Å². The van der Waals surface area contributed by atoms with Crippen molar-refractivity contribution in [2.24, 2.45) is 5.92 Å². The molecule has 0 N–H and O–H groups in total. The smallest absolute Gasteiger partial charge is 0.302 e. The van der Waals surface area contributed by atoms with Crippen LogP contribution in [0.5, 0.6) is 0 Å². The van der Waals surface area contributed by atoms with Crippen molar-refractivity contribution in [1.29, 1.82) is 0 Å². The zero-order chi connectivity index (χ0) is 9.71. The van der Waals surface area contributed by atoms with Crippen LogP contribution in [0.2, 0.25) is 0 Å². The largest absolute Gasteiger partial charge is 0.461 e. The topological polar surface area (TPSA) is 29.5 Å². The average molecular weight is 195 g/mol. The molecule has 4 saturated heterocycles. The summed E-state index contributed by atoms with van der Waals surface area (Å²) >= 11 is 0. The van der Waals surface area contributed by atoms with Crippen LogP contribution in [0.25, 0.3) is 0 Å². The van der Waals surface area contributed by atoms with Crippen LogP contribution in [0.15, 0.2) is 0 Å². The zero-order valence-electron chi connectivity index (χ0n) is 8.61. The van der Waals surface area contributed by atoms with Crippen molar-refractivity contribution in [3.8, 4) is 0 Å². The van der Waals surface area contributed by atoms with Gasteiger partial charge in [0, 0.05) is 31.5 Å². The SMILES string of the molecule is CC(=O)OC1CN2C3CCC2CC1C3. The molecule has 3 nitrogen and oxygen atoms in total. The molecule has 0 amide bonds. The molecule has 0 aromatic heterocycles. The Labute approximate surface area is 84.4 Å². The lowest BCUT2D eigenvalue weighted by atomic mass is 9.81. The lowest BCUT2D eigenvalue weighted by Crippen LogP contribution is -2.57. The molecule has 0 spiro atoms. The van der Waals surface area contributed by atoms with E-state index in [1.807, 2.05) is 0 Å². The van der Waals surface area contributed by atoms with Gasteiger partial charge in [-0.25, -0.2) is 0 Å². The third kappa shape index (κ3) is 1.18. The van der Waals surface area contributed by atoms with Crippen LogP contribution in [0.1, 0.15) is 32.6 Å². The second-order valence-electron chi connectivity index (χ2n) is 4.96. The third-order valence-electron chi connectivity index (χ3n) is 4.15. The van der Waals surface area contributed by atoms with Crippen LogP contribution in [0, 0.1) is 5.92 Å². The summed E-state index contributed by atoms with van der Waals surface area (Å²) in [7, 11) is 0. The second kappa shape index (κ2) is 2.96. The normalized spacial score (nSPS) is 49.4. The number of nitrogens with zero attached hydrogens (tertiary/aromatic N) is 1. The lowest BCUT2D eigenvalue weighted by molar-refractivity contribution is -0.159. The number of hydrogen-bond acceptors (Lipinski definition) is 3. The van der Waals surface area contributed by atoms with E-state index in [4.69, 9.17) is 4.74 Å². The maximum absolute atomic E-state index is 10.9. The molecule has 4 rings (SSSR count). The van der Waals surface area contributed by atoms with E-state index in [2.05, 4.69) is 4.90 Å². The Hall–Kier alpha value is -0.570. The molecule has 78 valence electrons. The Morgan fingerprint density at radius 3 is 2.43 bits per heavy atom.